The van der Waals surface area contributed by atoms with Crippen molar-refractivity contribution >= 4 is 23.3 Å². The van der Waals surface area contributed by atoms with Gasteiger partial charge in [0.25, 0.3) is 5.91 Å². The number of nitrogens with two attached hydrogens (primary N) is 1. The summed E-state index contributed by atoms with van der Waals surface area (Å²) in [6.45, 7) is 5.74. The molecule has 0 unspecified atom stereocenters. The van der Waals surface area contributed by atoms with E-state index in [-0.39, 0.29) is 11.7 Å². The first-order chi connectivity index (χ1) is 8.95. The number of halogens is 1. The van der Waals surface area contributed by atoms with Crippen molar-refractivity contribution in [3.05, 3.63) is 22.8 Å². The van der Waals surface area contributed by atoms with Crippen LogP contribution in [-0.2, 0) is 4.74 Å². The largest absolute Gasteiger partial charge is 0.384 e. The number of methoxy groups -OCH3 is 1. The highest BCUT2D eigenvalue weighted by molar-refractivity contribution is 6.33. The molecule has 106 valence electrons. The van der Waals surface area contributed by atoms with Gasteiger partial charge in [-0.3, -0.25) is 4.79 Å². The summed E-state index contributed by atoms with van der Waals surface area (Å²) in [6.07, 6.45) is 1.40. The molecule has 0 aliphatic carbocycles. The predicted molar refractivity (Wildman–Crippen MR) is 76.3 cm³/mol. The summed E-state index contributed by atoms with van der Waals surface area (Å²) in [5.74, 6) is 0.493. The molecule has 0 aliphatic rings. The van der Waals surface area contributed by atoms with Crippen LogP contribution in [0.3, 0.4) is 0 Å². The van der Waals surface area contributed by atoms with Crippen LogP contribution < -0.4 is 5.73 Å². The van der Waals surface area contributed by atoms with Crippen LogP contribution in [0.4, 0.5) is 5.82 Å². The van der Waals surface area contributed by atoms with E-state index >= 15 is 0 Å². The van der Waals surface area contributed by atoms with Gasteiger partial charge in [0.2, 0.25) is 0 Å². The maximum Gasteiger partial charge on any atom is 0.255 e. The van der Waals surface area contributed by atoms with Crippen LogP contribution in [0.5, 0.6) is 0 Å². The molecule has 2 N–H and O–H groups in total. The van der Waals surface area contributed by atoms with Gasteiger partial charge in [0.15, 0.2) is 0 Å². The summed E-state index contributed by atoms with van der Waals surface area (Å²) in [7, 11) is 1.61. The Hall–Kier alpha value is -1.33. The number of hydrogen-bond donors (Lipinski definition) is 1. The smallest absolute Gasteiger partial charge is 0.255 e. The SMILES string of the molecule is COCCN(CC(C)C)C(=O)c1cc(N)ncc1Cl. The number of pyridine rings is 1. The number of rotatable bonds is 6. The first-order valence-corrected chi connectivity index (χ1v) is 6.52. The lowest BCUT2D eigenvalue weighted by Gasteiger charge is -2.24. The summed E-state index contributed by atoms with van der Waals surface area (Å²) >= 11 is 6.01. The van der Waals surface area contributed by atoms with Gasteiger partial charge in [0, 0.05) is 26.4 Å². The normalized spacial score (nSPS) is 10.8. The van der Waals surface area contributed by atoms with Crippen LogP contribution in [0.15, 0.2) is 12.3 Å². The molecule has 0 radical (unpaired) electrons. The fourth-order valence-corrected chi connectivity index (χ4v) is 1.89. The number of aromatic nitrogens is 1. The van der Waals surface area contributed by atoms with Crippen molar-refractivity contribution < 1.29 is 9.53 Å². The molecule has 0 saturated heterocycles. The quantitative estimate of drug-likeness (QED) is 0.869. The molecule has 1 aromatic heterocycles. The maximum atomic E-state index is 12.5. The lowest BCUT2D eigenvalue weighted by Crippen LogP contribution is -2.37. The van der Waals surface area contributed by atoms with E-state index < -0.39 is 0 Å². The number of nitrogen functional groups attached to an aromatic ring is 1. The van der Waals surface area contributed by atoms with E-state index in [0.717, 1.165) is 0 Å². The van der Waals surface area contributed by atoms with Gasteiger partial charge in [-0.05, 0) is 12.0 Å². The second-order valence-corrected chi connectivity index (χ2v) is 5.13. The first kappa shape index (κ1) is 15.7. The molecule has 0 aliphatic heterocycles. The Bertz CT molecular complexity index is 438. The van der Waals surface area contributed by atoms with Crippen molar-refractivity contribution in [2.24, 2.45) is 5.92 Å². The van der Waals surface area contributed by atoms with Crippen LogP contribution >= 0.6 is 11.6 Å². The standard InChI is InChI=1S/C13H20ClN3O2/c1-9(2)8-17(4-5-19-3)13(18)10-6-12(15)16-7-11(10)14/h6-7,9H,4-5,8H2,1-3H3,(H2,15,16). The van der Waals surface area contributed by atoms with E-state index in [0.29, 0.717) is 36.2 Å². The van der Waals surface area contributed by atoms with Crippen molar-refractivity contribution in [1.82, 2.24) is 9.88 Å². The zero-order valence-electron chi connectivity index (χ0n) is 11.5. The molecule has 0 atom stereocenters. The Morgan fingerprint density at radius 3 is 2.84 bits per heavy atom. The van der Waals surface area contributed by atoms with E-state index in [1.165, 1.54) is 12.3 Å². The number of ether oxygens (including phenoxy) is 1. The van der Waals surface area contributed by atoms with Crippen molar-refractivity contribution in [3.8, 4) is 0 Å². The van der Waals surface area contributed by atoms with Gasteiger partial charge < -0.3 is 15.4 Å². The molecule has 0 saturated carbocycles. The van der Waals surface area contributed by atoms with Gasteiger partial charge in [-0.2, -0.15) is 0 Å². The van der Waals surface area contributed by atoms with Crippen molar-refractivity contribution in [3.63, 3.8) is 0 Å². The molecule has 0 bridgehead atoms. The van der Waals surface area contributed by atoms with Crippen LogP contribution in [0.1, 0.15) is 24.2 Å². The van der Waals surface area contributed by atoms with E-state index in [1.807, 2.05) is 0 Å². The zero-order chi connectivity index (χ0) is 14.4. The number of carbonyl (C=O) groups is 1. The number of anilines is 1. The Balaban J connectivity index is 2.93. The van der Waals surface area contributed by atoms with Gasteiger partial charge in [-0.25, -0.2) is 4.98 Å². The molecule has 0 aromatic carbocycles. The van der Waals surface area contributed by atoms with Gasteiger partial charge >= 0.3 is 0 Å². The fraction of sp³-hybridized carbons (Fsp3) is 0.538. The minimum Gasteiger partial charge on any atom is -0.384 e. The molecule has 1 rings (SSSR count). The molecular weight excluding hydrogens is 266 g/mol. The number of nitrogens with zero attached hydrogens (tertiary/aromatic N) is 2. The van der Waals surface area contributed by atoms with Gasteiger partial charge in [-0.1, -0.05) is 25.4 Å². The van der Waals surface area contributed by atoms with Crippen molar-refractivity contribution in [2.45, 2.75) is 13.8 Å². The monoisotopic (exact) mass is 285 g/mol. The van der Waals surface area contributed by atoms with Gasteiger partial charge in [-0.15, -0.1) is 0 Å². The summed E-state index contributed by atoms with van der Waals surface area (Å²) in [4.78, 5) is 18.0. The molecule has 6 heteroatoms. The Labute approximate surface area is 118 Å². The lowest BCUT2D eigenvalue weighted by molar-refractivity contribution is 0.0672. The third kappa shape index (κ3) is 4.69. The minimum absolute atomic E-state index is 0.148. The van der Waals surface area contributed by atoms with Crippen LogP contribution in [-0.4, -0.2) is 42.6 Å². The second-order valence-electron chi connectivity index (χ2n) is 4.73. The number of hydrogen-bond acceptors (Lipinski definition) is 4. The van der Waals surface area contributed by atoms with E-state index in [1.54, 1.807) is 12.0 Å². The predicted octanol–water partition coefficient (Wildman–Crippen LogP) is 2.06. The van der Waals surface area contributed by atoms with E-state index in [4.69, 9.17) is 22.1 Å². The van der Waals surface area contributed by atoms with Crippen LogP contribution in [0.2, 0.25) is 5.02 Å². The molecule has 0 spiro atoms. The highest BCUT2D eigenvalue weighted by Crippen LogP contribution is 2.19. The Kier molecular flexibility index (Phi) is 6.05. The van der Waals surface area contributed by atoms with E-state index in [9.17, 15) is 4.79 Å². The summed E-state index contributed by atoms with van der Waals surface area (Å²) in [6, 6.07) is 1.50. The zero-order valence-corrected chi connectivity index (χ0v) is 12.3. The molecule has 19 heavy (non-hydrogen) atoms. The number of carbonyl (C=O) groups excluding carboxylic acids is 1. The number of amides is 1. The molecule has 0 fully saturated rings. The fourth-order valence-electron chi connectivity index (χ4n) is 1.71. The topological polar surface area (TPSA) is 68.5 Å². The Morgan fingerprint density at radius 2 is 2.26 bits per heavy atom. The highest BCUT2D eigenvalue weighted by atomic mass is 35.5. The highest BCUT2D eigenvalue weighted by Gasteiger charge is 2.19. The van der Waals surface area contributed by atoms with Crippen LogP contribution in [0, 0.1) is 5.92 Å². The van der Waals surface area contributed by atoms with Gasteiger partial charge in [0.05, 0.1) is 17.2 Å². The maximum absolute atomic E-state index is 12.5. The summed E-state index contributed by atoms with van der Waals surface area (Å²) in [5.41, 5.74) is 5.98. The summed E-state index contributed by atoms with van der Waals surface area (Å²) < 4.78 is 5.03. The summed E-state index contributed by atoms with van der Waals surface area (Å²) in [5, 5.41) is 0.311. The van der Waals surface area contributed by atoms with Gasteiger partial charge in [0.1, 0.15) is 5.82 Å². The van der Waals surface area contributed by atoms with E-state index in [2.05, 4.69) is 18.8 Å². The minimum atomic E-state index is -0.148. The molecular formula is C13H20ClN3O2. The van der Waals surface area contributed by atoms with Crippen LogP contribution in [0.25, 0.3) is 0 Å². The average molecular weight is 286 g/mol. The van der Waals surface area contributed by atoms with Crippen molar-refractivity contribution in [2.75, 3.05) is 32.5 Å². The second kappa shape index (κ2) is 7.31. The first-order valence-electron chi connectivity index (χ1n) is 6.15. The molecule has 5 nitrogen and oxygen atoms in total. The molecule has 1 heterocycles. The third-order valence-corrected chi connectivity index (χ3v) is 2.85. The average Bonchev–Trinajstić information content (AvgIpc) is 2.36. The molecule has 1 aromatic rings. The Morgan fingerprint density at radius 1 is 1.58 bits per heavy atom. The third-order valence-electron chi connectivity index (χ3n) is 2.54. The lowest BCUT2D eigenvalue weighted by atomic mass is 10.1. The molecule has 1 amide bonds. The van der Waals surface area contributed by atoms with Crippen molar-refractivity contribution in [1.29, 1.82) is 0 Å².